The van der Waals surface area contributed by atoms with E-state index in [1.807, 2.05) is 45.0 Å². The van der Waals surface area contributed by atoms with Crippen molar-refractivity contribution >= 4 is 5.91 Å². The second kappa shape index (κ2) is 9.63. The van der Waals surface area contributed by atoms with E-state index in [-0.39, 0.29) is 17.4 Å². The van der Waals surface area contributed by atoms with Gasteiger partial charge in [-0.05, 0) is 61.6 Å². The lowest BCUT2D eigenvalue weighted by Crippen LogP contribution is -2.32. The number of hydrogen-bond donors (Lipinski definition) is 1. The first kappa shape index (κ1) is 21.8. The van der Waals surface area contributed by atoms with Gasteiger partial charge in [-0.1, -0.05) is 39.8 Å². The minimum atomic E-state index is -0.0758. The first-order valence-corrected chi connectivity index (χ1v) is 10.0. The molecular formula is C24H33NO3. The van der Waals surface area contributed by atoms with Crippen LogP contribution in [0, 0.1) is 0 Å². The van der Waals surface area contributed by atoms with Crippen LogP contribution in [0.4, 0.5) is 0 Å². The lowest BCUT2D eigenvalue weighted by atomic mass is 9.87. The molecule has 0 radical (unpaired) electrons. The van der Waals surface area contributed by atoms with E-state index < -0.39 is 0 Å². The van der Waals surface area contributed by atoms with E-state index in [2.05, 4.69) is 38.2 Å². The SMILES string of the molecule is CCOc1ccc(C(=O)N[C@H](C)CC)cc1COc1ccc(C(C)(C)C)cc1. The van der Waals surface area contributed by atoms with Crippen molar-refractivity contribution in [1.82, 2.24) is 5.32 Å². The molecule has 2 aromatic carbocycles. The molecule has 0 bridgehead atoms. The molecule has 1 amide bonds. The van der Waals surface area contributed by atoms with Crippen molar-refractivity contribution in [3.8, 4) is 11.5 Å². The van der Waals surface area contributed by atoms with Crippen molar-refractivity contribution in [3.05, 3.63) is 59.2 Å². The van der Waals surface area contributed by atoms with Crippen molar-refractivity contribution in [2.24, 2.45) is 0 Å². The lowest BCUT2D eigenvalue weighted by Gasteiger charge is -2.19. The summed E-state index contributed by atoms with van der Waals surface area (Å²) in [6.07, 6.45) is 0.892. The van der Waals surface area contributed by atoms with Crippen LogP contribution >= 0.6 is 0 Å². The minimum absolute atomic E-state index is 0.0758. The van der Waals surface area contributed by atoms with Gasteiger partial charge in [0.2, 0.25) is 0 Å². The maximum Gasteiger partial charge on any atom is 0.251 e. The van der Waals surface area contributed by atoms with Crippen molar-refractivity contribution < 1.29 is 14.3 Å². The third-order valence-electron chi connectivity index (χ3n) is 4.73. The topological polar surface area (TPSA) is 47.6 Å². The van der Waals surface area contributed by atoms with Crippen LogP contribution in [0.25, 0.3) is 0 Å². The summed E-state index contributed by atoms with van der Waals surface area (Å²) in [5.41, 5.74) is 2.85. The molecule has 1 N–H and O–H groups in total. The fraction of sp³-hybridized carbons (Fsp3) is 0.458. The summed E-state index contributed by atoms with van der Waals surface area (Å²) in [7, 11) is 0. The first-order valence-electron chi connectivity index (χ1n) is 10.0. The molecule has 0 saturated carbocycles. The van der Waals surface area contributed by atoms with Crippen LogP contribution in [0.3, 0.4) is 0 Å². The highest BCUT2D eigenvalue weighted by molar-refractivity contribution is 5.94. The smallest absolute Gasteiger partial charge is 0.251 e. The number of amides is 1. The third-order valence-corrected chi connectivity index (χ3v) is 4.73. The summed E-state index contributed by atoms with van der Waals surface area (Å²) in [5, 5.41) is 3.00. The van der Waals surface area contributed by atoms with Gasteiger partial charge in [-0.15, -0.1) is 0 Å². The average molecular weight is 384 g/mol. The van der Waals surface area contributed by atoms with Crippen molar-refractivity contribution in [3.63, 3.8) is 0 Å². The Hall–Kier alpha value is -2.49. The molecule has 2 aromatic rings. The van der Waals surface area contributed by atoms with Crippen LogP contribution in [0.1, 0.15) is 69.4 Å². The van der Waals surface area contributed by atoms with E-state index in [0.717, 1.165) is 23.5 Å². The largest absolute Gasteiger partial charge is 0.493 e. The van der Waals surface area contributed by atoms with Gasteiger partial charge in [0.1, 0.15) is 18.1 Å². The fourth-order valence-electron chi connectivity index (χ4n) is 2.75. The third kappa shape index (κ3) is 6.01. The Kier molecular flexibility index (Phi) is 7.50. The number of benzene rings is 2. The van der Waals surface area contributed by atoms with Gasteiger partial charge in [0, 0.05) is 17.2 Å². The summed E-state index contributed by atoms with van der Waals surface area (Å²) in [5.74, 6) is 1.46. The molecule has 0 saturated heterocycles. The Morgan fingerprint density at radius 1 is 1.04 bits per heavy atom. The molecule has 0 heterocycles. The van der Waals surface area contributed by atoms with E-state index in [4.69, 9.17) is 9.47 Å². The average Bonchev–Trinajstić information content (AvgIpc) is 2.66. The number of carbonyl (C=O) groups is 1. The van der Waals surface area contributed by atoms with Gasteiger partial charge in [0.05, 0.1) is 6.61 Å². The zero-order valence-corrected chi connectivity index (χ0v) is 18.0. The summed E-state index contributed by atoms with van der Waals surface area (Å²) in [6.45, 7) is 13.5. The quantitative estimate of drug-likeness (QED) is 0.656. The van der Waals surface area contributed by atoms with Crippen LogP contribution < -0.4 is 14.8 Å². The molecule has 152 valence electrons. The fourth-order valence-corrected chi connectivity index (χ4v) is 2.75. The highest BCUT2D eigenvalue weighted by Crippen LogP contribution is 2.26. The van der Waals surface area contributed by atoms with Gasteiger partial charge >= 0.3 is 0 Å². The molecule has 2 rings (SSSR count). The van der Waals surface area contributed by atoms with Crippen LogP contribution in [-0.4, -0.2) is 18.6 Å². The number of rotatable bonds is 8. The van der Waals surface area contributed by atoms with E-state index in [0.29, 0.717) is 18.8 Å². The Balaban J connectivity index is 2.15. The Bertz CT molecular complexity index is 775. The van der Waals surface area contributed by atoms with Gasteiger partial charge < -0.3 is 14.8 Å². The molecule has 1 atom stereocenters. The lowest BCUT2D eigenvalue weighted by molar-refractivity contribution is 0.0939. The highest BCUT2D eigenvalue weighted by atomic mass is 16.5. The standard InChI is InChI=1S/C24H33NO3/c1-7-17(3)25-23(26)18-9-14-22(27-8-2)19(15-18)16-28-21-12-10-20(11-13-21)24(4,5)6/h9-15,17H,7-8,16H2,1-6H3,(H,25,26)/t17-/m1/s1. The molecular weight excluding hydrogens is 350 g/mol. The Morgan fingerprint density at radius 2 is 1.71 bits per heavy atom. The summed E-state index contributed by atoms with van der Waals surface area (Å²) < 4.78 is 11.7. The van der Waals surface area contributed by atoms with Crippen molar-refractivity contribution in [2.45, 2.75) is 66.0 Å². The molecule has 0 aliphatic carbocycles. The van der Waals surface area contributed by atoms with E-state index in [9.17, 15) is 4.79 Å². The molecule has 28 heavy (non-hydrogen) atoms. The maximum absolute atomic E-state index is 12.4. The molecule has 4 nitrogen and oxygen atoms in total. The Morgan fingerprint density at radius 3 is 2.29 bits per heavy atom. The summed E-state index contributed by atoms with van der Waals surface area (Å²) >= 11 is 0. The minimum Gasteiger partial charge on any atom is -0.493 e. The second-order valence-corrected chi connectivity index (χ2v) is 8.10. The first-order chi connectivity index (χ1) is 13.2. The van der Waals surface area contributed by atoms with Crippen molar-refractivity contribution in [2.75, 3.05) is 6.61 Å². The molecule has 0 spiro atoms. The van der Waals surface area contributed by atoms with E-state index in [1.54, 1.807) is 6.07 Å². The molecule has 0 fully saturated rings. The predicted molar refractivity (Wildman–Crippen MR) is 114 cm³/mol. The van der Waals surface area contributed by atoms with Gasteiger partial charge in [-0.25, -0.2) is 0 Å². The Labute approximate surface area is 169 Å². The van der Waals surface area contributed by atoms with Gasteiger partial charge in [-0.2, -0.15) is 0 Å². The van der Waals surface area contributed by atoms with Crippen LogP contribution in [0.15, 0.2) is 42.5 Å². The normalized spacial score (nSPS) is 12.4. The monoisotopic (exact) mass is 383 g/mol. The molecule has 0 aliphatic rings. The number of carbonyl (C=O) groups excluding carboxylic acids is 1. The van der Waals surface area contributed by atoms with Crippen LogP contribution in [0.5, 0.6) is 11.5 Å². The number of nitrogens with one attached hydrogen (secondary N) is 1. The van der Waals surface area contributed by atoms with E-state index >= 15 is 0 Å². The van der Waals surface area contributed by atoms with Gasteiger partial charge in [0.25, 0.3) is 5.91 Å². The maximum atomic E-state index is 12.4. The second-order valence-electron chi connectivity index (χ2n) is 8.10. The highest BCUT2D eigenvalue weighted by Gasteiger charge is 2.15. The van der Waals surface area contributed by atoms with Crippen LogP contribution in [0.2, 0.25) is 0 Å². The molecule has 0 aromatic heterocycles. The predicted octanol–water partition coefficient (Wildman–Crippen LogP) is 5.49. The molecule has 0 unspecified atom stereocenters. The zero-order chi connectivity index (χ0) is 20.7. The number of hydrogen-bond acceptors (Lipinski definition) is 3. The molecule has 0 aliphatic heterocycles. The van der Waals surface area contributed by atoms with E-state index in [1.165, 1.54) is 5.56 Å². The molecule has 4 heteroatoms. The zero-order valence-electron chi connectivity index (χ0n) is 18.0. The van der Waals surface area contributed by atoms with Gasteiger partial charge in [-0.3, -0.25) is 4.79 Å². The van der Waals surface area contributed by atoms with Gasteiger partial charge in [0.15, 0.2) is 0 Å². The number of ether oxygens (including phenoxy) is 2. The van der Waals surface area contributed by atoms with Crippen molar-refractivity contribution in [1.29, 1.82) is 0 Å². The summed E-state index contributed by atoms with van der Waals surface area (Å²) in [6, 6.07) is 13.8. The van der Waals surface area contributed by atoms with Crippen LogP contribution in [-0.2, 0) is 12.0 Å². The summed E-state index contributed by atoms with van der Waals surface area (Å²) in [4.78, 5) is 12.4.